The van der Waals surface area contributed by atoms with Gasteiger partial charge < -0.3 is 5.32 Å². The van der Waals surface area contributed by atoms with Gasteiger partial charge in [0.25, 0.3) is 0 Å². The summed E-state index contributed by atoms with van der Waals surface area (Å²) in [5.74, 6) is 0. The van der Waals surface area contributed by atoms with Crippen LogP contribution in [0.15, 0.2) is 39.3 Å². The number of aryl methyl sites for hydroxylation is 2. The number of benzene rings is 2. The first-order valence-corrected chi connectivity index (χ1v) is 8.84. The van der Waals surface area contributed by atoms with Gasteiger partial charge in [-0.25, -0.2) is 0 Å². The Bertz CT molecular complexity index is 635. The van der Waals surface area contributed by atoms with Crippen LogP contribution in [0.25, 0.3) is 0 Å². The number of rotatable bonds is 4. The van der Waals surface area contributed by atoms with Gasteiger partial charge in [0.05, 0.1) is 6.04 Å². The summed E-state index contributed by atoms with van der Waals surface area (Å²) in [5.41, 5.74) is 4.80. The van der Waals surface area contributed by atoms with E-state index in [9.17, 15) is 0 Å². The third-order valence-corrected chi connectivity index (χ3v) is 4.81. The highest BCUT2D eigenvalue weighted by Crippen LogP contribution is 2.32. The van der Waals surface area contributed by atoms with Gasteiger partial charge in [-0.2, -0.15) is 0 Å². The summed E-state index contributed by atoms with van der Waals surface area (Å²) >= 11 is 13.4. The van der Waals surface area contributed by atoms with Crippen LogP contribution in [0.5, 0.6) is 0 Å². The Labute approximate surface area is 148 Å². The summed E-state index contributed by atoms with van der Waals surface area (Å²) in [5, 5.41) is 4.39. The molecule has 0 heterocycles. The normalized spacial score (nSPS) is 12.5. The molecule has 1 N–H and O–H groups in total. The molecular formula is C17H18Br2ClN. The molecule has 0 fully saturated rings. The topological polar surface area (TPSA) is 12.0 Å². The van der Waals surface area contributed by atoms with Crippen molar-refractivity contribution in [2.75, 3.05) is 6.54 Å². The Morgan fingerprint density at radius 1 is 1.00 bits per heavy atom. The van der Waals surface area contributed by atoms with Crippen LogP contribution >= 0.6 is 43.5 Å². The lowest BCUT2D eigenvalue weighted by Crippen LogP contribution is -2.23. The summed E-state index contributed by atoms with van der Waals surface area (Å²) in [6, 6.07) is 10.7. The monoisotopic (exact) mass is 429 g/mol. The van der Waals surface area contributed by atoms with Crippen LogP contribution < -0.4 is 5.32 Å². The molecule has 0 bridgehead atoms. The minimum atomic E-state index is 0.153. The zero-order valence-corrected chi connectivity index (χ0v) is 16.2. The lowest BCUT2D eigenvalue weighted by molar-refractivity contribution is 0.627. The maximum Gasteiger partial charge on any atom is 0.0580 e. The highest BCUT2D eigenvalue weighted by Gasteiger charge is 2.17. The molecule has 0 aliphatic heterocycles. The molecule has 0 spiro atoms. The van der Waals surface area contributed by atoms with Crippen molar-refractivity contribution in [3.05, 3.63) is 66.6 Å². The van der Waals surface area contributed by atoms with Gasteiger partial charge in [0, 0.05) is 14.0 Å². The van der Waals surface area contributed by atoms with Crippen molar-refractivity contribution in [1.29, 1.82) is 0 Å². The van der Waals surface area contributed by atoms with E-state index < -0.39 is 0 Å². The van der Waals surface area contributed by atoms with E-state index in [0.29, 0.717) is 0 Å². The molecule has 1 unspecified atom stereocenters. The largest absolute Gasteiger partial charge is 0.307 e. The van der Waals surface area contributed by atoms with Crippen molar-refractivity contribution in [2.24, 2.45) is 0 Å². The van der Waals surface area contributed by atoms with Crippen LogP contribution in [0.2, 0.25) is 5.02 Å². The molecule has 0 aromatic heterocycles. The highest BCUT2D eigenvalue weighted by molar-refractivity contribution is 9.11. The van der Waals surface area contributed by atoms with E-state index in [1.807, 2.05) is 19.1 Å². The molecule has 112 valence electrons. The molecule has 2 aromatic rings. The second kappa shape index (κ2) is 7.28. The molecule has 2 rings (SSSR count). The predicted molar refractivity (Wildman–Crippen MR) is 98.3 cm³/mol. The summed E-state index contributed by atoms with van der Waals surface area (Å²) in [4.78, 5) is 0. The van der Waals surface area contributed by atoms with Gasteiger partial charge >= 0.3 is 0 Å². The molecule has 0 aliphatic carbocycles. The summed E-state index contributed by atoms with van der Waals surface area (Å²) in [7, 11) is 0. The molecule has 4 heteroatoms. The Balaban J connectivity index is 2.55. The van der Waals surface area contributed by atoms with Crippen LogP contribution in [0, 0.1) is 13.8 Å². The zero-order chi connectivity index (χ0) is 15.6. The SMILES string of the molecule is CCNC(c1cc(Br)cc(Br)c1)c1cc(C)c(Cl)cc1C. The van der Waals surface area contributed by atoms with Crippen molar-refractivity contribution in [1.82, 2.24) is 5.32 Å². The third kappa shape index (κ3) is 4.10. The quantitative estimate of drug-likeness (QED) is 0.609. The summed E-state index contributed by atoms with van der Waals surface area (Å²) in [6.45, 7) is 7.18. The van der Waals surface area contributed by atoms with Crippen molar-refractivity contribution < 1.29 is 0 Å². The number of halogens is 3. The lowest BCUT2D eigenvalue weighted by atomic mass is 9.93. The van der Waals surface area contributed by atoms with E-state index in [0.717, 1.165) is 26.1 Å². The second-order valence-corrected chi connectivity index (χ2v) is 7.39. The minimum Gasteiger partial charge on any atom is -0.307 e. The van der Waals surface area contributed by atoms with E-state index >= 15 is 0 Å². The predicted octanol–water partition coefficient (Wildman–Crippen LogP) is 6.18. The lowest BCUT2D eigenvalue weighted by Gasteiger charge is -2.22. The molecule has 0 amide bonds. The van der Waals surface area contributed by atoms with Crippen molar-refractivity contribution in [3.63, 3.8) is 0 Å². The van der Waals surface area contributed by atoms with Crippen LogP contribution in [0.4, 0.5) is 0 Å². The highest BCUT2D eigenvalue weighted by atomic mass is 79.9. The summed E-state index contributed by atoms with van der Waals surface area (Å²) < 4.78 is 2.14. The Morgan fingerprint density at radius 3 is 2.19 bits per heavy atom. The fourth-order valence-electron chi connectivity index (χ4n) is 2.47. The smallest absolute Gasteiger partial charge is 0.0580 e. The average molecular weight is 432 g/mol. The number of hydrogen-bond donors (Lipinski definition) is 1. The third-order valence-electron chi connectivity index (χ3n) is 3.48. The van der Waals surface area contributed by atoms with E-state index in [-0.39, 0.29) is 6.04 Å². The van der Waals surface area contributed by atoms with E-state index in [1.165, 1.54) is 16.7 Å². The summed E-state index contributed by atoms with van der Waals surface area (Å²) in [6.07, 6.45) is 0. The van der Waals surface area contributed by atoms with Gasteiger partial charge in [-0.3, -0.25) is 0 Å². The minimum absolute atomic E-state index is 0.153. The fraction of sp³-hybridized carbons (Fsp3) is 0.294. The van der Waals surface area contributed by atoms with Gasteiger partial charge in [0.15, 0.2) is 0 Å². The Hall–Kier alpha value is -0.350. The number of hydrogen-bond acceptors (Lipinski definition) is 1. The molecular weight excluding hydrogens is 413 g/mol. The standard InChI is InChI=1S/C17H18Br2ClN/c1-4-21-17(12-7-13(18)9-14(19)8-12)15-5-11(3)16(20)6-10(15)2/h5-9,17,21H,4H2,1-3H3. The van der Waals surface area contributed by atoms with E-state index in [2.05, 4.69) is 69.2 Å². The van der Waals surface area contributed by atoms with Gasteiger partial charge in [0.2, 0.25) is 0 Å². The van der Waals surface area contributed by atoms with Gasteiger partial charge in [0.1, 0.15) is 0 Å². The first kappa shape index (κ1) is 17.0. The molecule has 0 saturated carbocycles. The first-order chi connectivity index (χ1) is 9.92. The zero-order valence-electron chi connectivity index (χ0n) is 12.3. The average Bonchev–Trinajstić information content (AvgIpc) is 2.39. The van der Waals surface area contributed by atoms with Crippen LogP contribution in [0.1, 0.15) is 35.2 Å². The van der Waals surface area contributed by atoms with Crippen molar-refractivity contribution in [3.8, 4) is 0 Å². The molecule has 0 aliphatic rings. The van der Waals surface area contributed by atoms with Crippen molar-refractivity contribution in [2.45, 2.75) is 26.8 Å². The first-order valence-electron chi connectivity index (χ1n) is 6.88. The molecule has 21 heavy (non-hydrogen) atoms. The van der Waals surface area contributed by atoms with Crippen LogP contribution in [-0.4, -0.2) is 6.54 Å². The maximum absolute atomic E-state index is 6.23. The maximum atomic E-state index is 6.23. The fourth-order valence-corrected chi connectivity index (χ4v) is 4.01. The molecule has 2 aromatic carbocycles. The molecule has 0 saturated heterocycles. The van der Waals surface area contributed by atoms with E-state index in [4.69, 9.17) is 11.6 Å². The Kier molecular flexibility index (Phi) is 5.89. The van der Waals surface area contributed by atoms with Crippen LogP contribution in [-0.2, 0) is 0 Å². The van der Waals surface area contributed by atoms with E-state index in [1.54, 1.807) is 0 Å². The van der Waals surface area contributed by atoms with Gasteiger partial charge in [-0.05, 0) is 66.9 Å². The Morgan fingerprint density at radius 2 is 1.62 bits per heavy atom. The second-order valence-electron chi connectivity index (χ2n) is 5.15. The number of nitrogens with one attached hydrogen (secondary N) is 1. The van der Waals surface area contributed by atoms with Crippen LogP contribution in [0.3, 0.4) is 0 Å². The van der Waals surface area contributed by atoms with Gasteiger partial charge in [-0.1, -0.05) is 56.5 Å². The van der Waals surface area contributed by atoms with Crippen molar-refractivity contribution >= 4 is 43.5 Å². The molecule has 0 radical (unpaired) electrons. The molecule has 1 nitrogen and oxygen atoms in total. The molecule has 1 atom stereocenters. The van der Waals surface area contributed by atoms with Gasteiger partial charge in [-0.15, -0.1) is 0 Å².